The standard InChI is InChI=1S/C31H46FN3O4/c1-19(2)18-37-24-12-11-22(28(32)34-24)23-17-33-21(5)25(26(23)35-15-13-31(9,10)14-16-35)27(39-30(6,7)8)29(36)38-20(3)4/h11-12,17,19-20,27H,13-16,18H2,1-10H3. The van der Waals surface area contributed by atoms with Crippen LogP contribution < -0.4 is 9.64 Å². The van der Waals surface area contributed by atoms with E-state index in [9.17, 15) is 4.79 Å². The lowest BCUT2D eigenvalue weighted by Gasteiger charge is -2.41. The number of anilines is 1. The third-order valence-electron chi connectivity index (χ3n) is 6.70. The molecule has 1 aliphatic rings. The second-order valence-corrected chi connectivity index (χ2v) is 13.0. The van der Waals surface area contributed by atoms with Crippen molar-refractivity contribution < 1.29 is 23.4 Å². The first kappa shape index (κ1) is 30.8. The Kier molecular flexibility index (Phi) is 9.63. The number of hydrogen-bond donors (Lipinski definition) is 0. The number of hydrogen-bond acceptors (Lipinski definition) is 7. The molecule has 1 aliphatic heterocycles. The summed E-state index contributed by atoms with van der Waals surface area (Å²) in [6.07, 6.45) is 2.23. The monoisotopic (exact) mass is 543 g/mol. The minimum atomic E-state index is -1.03. The van der Waals surface area contributed by atoms with Crippen molar-refractivity contribution in [3.63, 3.8) is 0 Å². The molecule has 216 valence electrons. The van der Waals surface area contributed by atoms with Crippen LogP contribution in [0.1, 0.15) is 92.5 Å². The molecule has 1 atom stereocenters. The van der Waals surface area contributed by atoms with Crippen LogP contribution in [0.25, 0.3) is 11.1 Å². The maximum Gasteiger partial charge on any atom is 0.340 e. The third-order valence-corrected chi connectivity index (χ3v) is 6.70. The van der Waals surface area contributed by atoms with E-state index in [1.165, 1.54) is 0 Å². The van der Waals surface area contributed by atoms with Gasteiger partial charge in [-0.25, -0.2) is 4.79 Å². The smallest absolute Gasteiger partial charge is 0.340 e. The summed E-state index contributed by atoms with van der Waals surface area (Å²) >= 11 is 0. The average molecular weight is 544 g/mol. The molecule has 2 aromatic heterocycles. The van der Waals surface area contributed by atoms with Gasteiger partial charge in [0, 0.05) is 47.7 Å². The van der Waals surface area contributed by atoms with Crippen LogP contribution in [0.5, 0.6) is 5.88 Å². The van der Waals surface area contributed by atoms with Crippen molar-refractivity contribution in [1.29, 1.82) is 0 Å². The van der Waals surface area contributed by atoms with Gasteiger partial charge in [-0.05, 0) is 71.8 Å². The summed E-state index contributed by atoms with van der Waals surface area (Å²) in [5.74, 6) is -0.610. The Bertz CT molecular complexity index is 1150. The normalized spacial score (nSPS) is 16.5. The molecular weight excluding hydrogens is 497 g/mol. The van der Waals surface area contributed by atoms with E-state index in [0.717, 1.165) is 31.6 Å². The van der Waals surface area contributed by atoms with Crippen molar-refractivity contribution >= 4 is 11.7 Å². The summed E-state index contributed by atoms with van der Waals surface area (Å²) in [6.45, 7) is 21.7. The number of piperidine rings is 1. The molecule has 0 N–H and O–H groups in total. The predicted octanol–water partition coefficient (Wildman–Crippen LogP) is 7.06. The van der Waals surface area contributed by atoms with Gasteiger partial charge in [0.25, 0.3) is 0 Å². The molecule has 0 radical (unpaired) electrons. The highest BCUT2D eigenvalue weighted by Crippen LogP contribution is 2.44. The Hall–Kier alpha value is -2.74. The molecule has 0 amide bonds. The van der Waals surface area contributed by atoms with Crippen LogP contribution in [0.15, 0.2) is 18.3 Å². The number of esters is 1. The van der Waals surface area contributed by atoms with E-state index in [4.69, 9.17) is 14.2 Å². The molecule has 3 rings (SSSR count). The van der Waals surface area contributed by atoms with Crippen LogP contribution in [0.4, 0.5) is 10.1 Å². The van der Waals surface area contributed by atoms with Crippen LogP contribution in [-0.2, 0) is 14.3 Å². The third kappa shape index (κ3) is 8.13. The van der Waals surface area contributed by atoms with Crippen molar-refractivity contribution in [2.24, 2.45) is 11.3 Å². The summed E-state index contributed by atoms with van der Waals surface area (Å²) in [4.78, 5) is 24.5. The number of aromatic nitrogens is 2. The molecule has 0 saturated carbocycles. The molecule has 1 unspecified atom stereocenters. The molecule has 7 nitrogen and oxygen atoms in total. The fourth-order valence-electron chi connectivity index (χ4n) is 4.62. The van der Waals surface area contributed by atoms with E-state index in [2.05, 4.69) is 28.7 Å². The molecule has 0 bridgehead atoms. The van der Waals surface area contributed by atoms with Gasteiger partial charge in [0.2, 0.25) is 11.8 Å². The molecule has 2 aromatic rings. The minimum Gasteiger partial charge on any atom is -0.477 e. The second-order valence-electron chi connectivity index (χ2n) is 13.0. The first-order valence-electron chi connectivity index (χ1n) is 14.0. The highest BCUT2D eigenvalue weighted by atomic mass is 19.1. The molecule has 8 heteroatoms. The van der Waals surface area contributed by atoms with E-state index < -0.39 is 23.6 Å². The van der Waals surface area contributed by atoms with Gasteiger partial charge >= 0.3 is 5.97 Å². The molecule has 0 aliphatic carbocycles. The largest absolute Gasteiger partial charge is 0.477 e. The highest BCUT2D eigenvalue weighted by Gasteiger charge is 2.37. The van der Waals surface area contributed by atoms with Gasteiger partial charge in [-0.15, -0.1) is 0 Å². The lowest BCUT2D eigenvalue weighted by Crippen LogP contribution is -2.39. The van der Waals surface area contributed by atoms with Gasteiger partial charge in [0.05, 0.1) is 24.0 Å². The fourth-order valence-corrected chi connectivity index (χ4v) is 4.62. The summed E-state index contributed by atoms with van der Waals surface area (Å²) in [5.41, 5.74) is 2.39. The maximum absolute atomic E-state index is 15.6. The number of nitrogens with zero attached hydrogens (tertiary/aromatic N) is 3. The van der Waals surface area contributed by atoms with Crippen molar-refractivity contribution in [3.8, 4) is 17.0 Å². The number of rotatable bonds is 9. The predicted molar refractivity (Wildman–Crippen MR) is 153 cm³/mol. The number of carbonyl (C=O) groups excluding carboxylic acids is 1. The lowest BCUT2D eigenvalue weighted by molar-refractivity contribution is -0.171. The first-order valence-corrected chi connectivity index (χ1v) is 14.0. The Balaban J connectivity index is 2.22. The SMILES string of the molecule is Cc1ncc(-c2ccc(OCC(C)C)nc2F)c(N2CCC(C)(C)CC2)c1C(OC(C)(C)C)C(=O)OC(C)C. The van der Waals surface area contributed by atoms with E-state index in [1.807, 2.05) is 55.4 Å². The topological polar surface area (TPSA) is 73.8 Å². The van der Waals surface area contributed by atoms with Gasteiger partial charge in [0.1, 0.15) is 0 Å². The number of aryl methyl sites for hydroxylation is 1. The van der Waals surface area contributed by atoms with Crippen LogP contribution in [0, 0.1) is 24.2 Å². The van der Waals surface area contributed by atoms with Crippen molar-refractivity contribution in [1.82, 2.24) is 9.97 Å². The van der Waals surface area contributed by atoms with Crippen LogP contribution >= 0.6 is 0 Å². The number of carbonyl (C=O) groups is 1. The zero-order valence-corrected chi connectivity index (χ0v) is 25.4. The average Bonchev–Trinajstić information content (AvgIpc) is 2.81. The zero-order valence-electron chi connectivity index (χ0n) is 25.4. The lowest BCUT2D eigenvalue weighted by atomic mass is 9.82. The van der Waals surface area contributed by atoms with Crippen LogP contribution in [0.3, 0.4) is 0 Å². The first-order chi connectivity index (χ1) is 18.1. The van der Waals surface area contributed by atoms with Crippen molar-refractivity contribution in [2.75, 3.05) is 24.6 Å². The van der Waals surface area contributed by atoms with E-state index >= 15 is 4.39 Å². The summed E-state index contributed by atoms with van der Waals surface area (Å²) in [5, 5.41) is 0. The maximum atomic E-state index is 15.6. The number of pyridine rings is 2. The molecule has 39 heavy (non-hydrogen) atoms. The Labute approximate surface area is 233 Å². The Morgan fingerprint density at radius 1 is 1.10 bits per heavy atom. The fraction of sp³-hybridized carbons (Fsp3) is 0.645. The molecule has 1 saturated heterocycles. The van der Waals surface area contributed by atoms with Crippen LogP contribution in [0.2, 0.25) is 0 Å². The highest BCUT2D eigenvalue weighted by molar-refractivity contribution is 5.87. The molecule has 1 fully saturated rings. The second kappa shape index (κ2) is 12.2. The van der Waals surface area contributed by atoms with E-state index in [1.54, 1.807) is 18.3 Å². The quantitative estimate of drug-likeness (QED) is 0.248. The summed E-state index contributed by atoms with van der Waals surface area (Å²) < 4.78 is 33.3. The van der Waals surface area contributed by atoms with E-state index in [-0.39, 0.29) is 17.4 Å². The number of ether oxygens (including phenoxy) is 3. The summed E-state index contributed by atoms with van der Waals surface area (Å²) in [7, 11) is 0. The van der Waals surface area contributed by atoms with Gasteiger partial charge in [0.15, 0.2) is 6.10 Å². The van der Waals surface area contributed by atoms with Crippen molar-refractivity contribution in [3.05, 3.63) is 35.5 Å². The molecule has 0 spiro atoms. The molecular formula is C31H46FN3O4. The molecule has 3 heterocycles. The van der Waals surface area contributed by atoms with Gasteiger partial charge < -0.3 is 19.1 Å². The Morgan fingerprint density at radius 2 is 1.74 bits per heavy atom. The van der Waals surface area contributed by atoms with Gasteiger partial charge in [-0.3, -0.25) is 4.98 Å². The summed E-state index contributed by atoms with van der Waals surface area (Å²) in [6, 6.07) is 3.36. The number of halogens is 1. The Morgan fingerprint density at radius 3 is 2.28 bits per heavy atom. The zero-order chi connectivity index (χ0) is 29.1. The van der Waals surface area contributed by atoms with Gasteiger partial charge in [-0.2, -0.15) is 9.37 Å². The molecule has 0 aromatic carbocycles. The van der Waals surface area contributed by atoms with E-state index in [0.29, 0.717) is 34.9 Å². The van der Waals surface area contributed by atoms with Crippen LogP contribution in [-0.4, -0.2) is 47.3 Å². The van der Waals surface area contributed by atoms with Crippen molar-refractivity contribution in [2.45, 2.75) is 99.9 Å². The minimum absolute atomic E-state index is 0.193. The van der Waals surface area contributed by atoms with Gasteiger partial charge in [-0.1, -0.05) is 27.7 Å².